The summed E-state index contributed by atoms with van der Waals surface area (Å²) >= 11 is 0. The number of nitrogens with one attached hydrogen (secondary N) is 1. The van der Waals surface area contributed by atoms with Crippen molar-refractivity contribution >= 4 is 11.4 Å². The van der Waals surface area contributed by atoms with E-state index in [0.717, 1.165) is 6.07 Å². The van der Waals surface area contributed by atoms with Crippen molar-refractivity contribution in [1.82, 2.24) is 0 Å². The van der Waals surface area contributed by atoms with E-state index in [4.69, 9.17) is 11.0 Å². The molecular weight excluding hydrogens is 248 g/mol. The van der Waals surface area contributed by atoms with Crippen LogP contribution in [-0.2, 0) is 6.54 Å². The van der Waals surface area contributed by atoms with E-state index in [9.17, 15) is 8.78 Å². The van der Waals surface area contributed by atoms with Gasteiger partial charge in [0.1, 0.15) is 17.7 Å². The van der Waals surface area contributed by atoms with E-state index in [0.29, 0.717) is 22.5 Å². The zero-order chi connectivity index (χ0) is 13.8. The van der Waals surface area contributed by atoms with Crippen LogP contribution >= 0.6 is 0 Å². The number of halogens is 2. The molecule has 0 amide bonds. The lowest BCUT2D eigenvalue weighted by molar-refractivity contribution is 0.574. The highest BCUT2D eigenvalue weighted by Crippen LogP contribution is 2.18. The molecule has 5 heteroatoms. The molecule has 2 aromatic carbocycles. The molecule has 0 unspecified atom stereocenters. The van der Waals surface area contributed by atoms with E-state index in [1.807, 2.05) is 6.07 Å². The van der Waals surface area contributed by atoms with Crippen LogP contribution in [0.1, 0.15) is 11.1 Å². The number of rotatable bonds is 3. The van der Waals surface area contributed by atoms with Gasteiger partial charge in [-0.3, -0.25) is 0 Å². The first kappa shape index (κ1) is 12.8. The minimum Gasteiger partial charge on any atom is -0.398 e. The molecule has 0 aliphatic carbocycles. The quantitative estimate of drug-likeness (QED) is 0.833. The third-order valence-electron chi connectivity index (χ3n) is 2.67. The Hall–Kier alpha value is -2.61. The molecule has 3 nitrogen and oxygen atoms in total. The SMILES string of the molecule is N#Cc1ccc(NCc2ccc(F)cc2F)cc1N. The summed E-state index contributed by atoms with van der Waals surface area (Å²) in [5.74, 6) is -1.21. The number of hydrogen-bond acceptors (Lipinski definition) is 3. The molecule has 2 aromatic rings. The minimum absolute atomic E-state index is 0.206. The second-order valence-corrected chi connectivity index (χ2v) is 4.00. The molecule has 96 valence electrons. The molecule has 2 rings (SSSR count). The Kier molecular flexibility index (Phi) is 3.62. The highest BCUT2D eigenvalue weighted by atomic mass is 19.1. The Morgan fingerprint density at radius 3 is 2.58 bits per heavy atom. The van der Waals surface area contributed by atoms with E-state index in [-0.39, 0.29) is 6.54 Å². The Bertz CT molecular complexity index is 648. The van der Waals surface area contributed by atoms with Gasteiger partial charge in [0.15, 0.2) is 0 Å². The zero-order valence-corrected chi connectivity index (χ0v) is 9.95. The molecule has 19 heavy (non-hydrogen) atoms. The summed E-state index contributed by atoms with van der Waals surface area (Å²) in [5, 5.41) is 11.7. The monoisotopic (exact) mass is 259 g/mol. The standard InChI is InChI=1S/C14H11F2N3/c15-11-3-1-10(13(16)5-11)8-19-12-4-2-9(7-17)14(18)6-12/h1-6,19H,8,18H2. The van der Waals surface area contributed by atoms with Crippen molar-refractivity contribution < 1.29 is 8.78 Å². The van der Waals surface area contributed by atoms with Gasteiger partial charge in [-0.1, -0.05) is 6.07 Å². The second-order valence-electron chi connectivity index (χ2n) is 4.00. The maximum atomic E-state index is 13.4. The summed E-state index contributed by atoms with van der Waals surface area (Å²) in [6.45, 7) is 0.206. The summed E-state index contributed by atoms with van der Waals surface area (Å²) in [5.41, 5.74) is 7.42. The van der Waals surface area contributed by atoms with Crippen LogP contribution in [0, 0.1) is 23.0 Å². The van der Waals surface area contributed by atoms with E-state index in [2.05, 4.69) is 5.32 Å². The fourth-order valence-corrected chi connectivity index (χ4v) is 1.64. The predicted molar refractivity (Wildman–Crippen MR) is 69.3 cm³/mol. The summed E-state index contributed by atoms with van der Waals surface area (Å²) in [4.78, 5) is 0. The van der Waals surface area contributed by atoms with Crippen LogP contribution in [0.3, 0.4) is 0 Å². The Balaban J connectivity index is 2.10. The van der Waals surface area contributed by atoms with E-state index >= 15 is 0 Å². The van der Waals surface area contributed by atoms with Crippen LogP contribution in [0.5, 0.6) is 0 Å². The van der Waals surface area contributed by atoms with Crippen molar-refractivity contribution in [1.29, 1.82) is 5.26 Å². The fourth-order valence-electron chi connectivity index (χ4n) is 1.64. The smallest absolute Gasteiger partial charge is 0.131 e. The van der Waals surface area contributed by atoms with Crippen molar-refractivity contribution in [2.75, 3.05) is 11.1 Å². The maximum absolute atomic E-state index is 13.4. The minimum atomic E-state index is -0.608. The van der Waals surface area contributed by atoms with Crippen LogP contribution in [-0.4, -0.2) is 0 Å². The van der Waals surface area contributed by atoms with Gasteiger partial charge in [0.05, 0.1) is 11.3 Å². The third kappa shape index (κ3) is 2.99. The molecule has 0 fully saturated rings. The van der Waals surface area contributed by atoms with Gasteiger partial charge < -0.3 is 11.1 Å². The number of nitriles is 1. The molecule has 0 saturated heterocycles. The van der Waals surface area contributed by atoms with Crippen molar-refractivity contribution in [3.63, 3.8) is 0 Å². The van der Waals surface area contributed by atoms with Crippen LogP contribution in [0.4, 0.5) is 20.2 Å². The first-order valence-electron chi connectivity index (χ1n) is 5.57. The van der Waals surface area contributed by atoms with Crippen LogP contribution in [0.25, 0.3) is 0 Å². The van der Waals surface area contributed by atoms with Crippen molar-refractivity contribution in [3.05, 3.63) is 59.2 Å². The third-order valence-corrected chi connectivity index (χ3v) is 2.67. The molecule has 0 spiro atoms. The van der Waals surface area contributed by atoms with Crippen molar-refractivity contribution in [3.8, 4) is 6.07 Å². The molecule has 0 bridgehead atoms. The largest absolute Gasteiger partial charge is 0.398 e. The number of nitrogens with two attached hydrogens (primary N) is 1. The summed E-state index contributed by atoms with van der Waals surface area (Å²) in [6.07, 6.45) is 0. The molecule has 0 atom stereocenters. The molecular formula is C14H11F2N3. The number of anilines is 2. The maximum Gasteiger partial charge on any atom is 0.131 e. The molecule has 0 aliphatic heterocycles. The molecule has 0 saturated carbocycles. The number of nitrogens with zero attached hydrogens (tertiary/aromatic N) is 1. The summed E-state index contributed by atoms with van der Waals surface area (Å²) in [6, 6.07) is 10.2. The van der Waals surface area contributed by atoms with Gasteiger partial charge in [-0.2, -0.15) is 5.26 Å². The topological polar surface area (TPSA) is 61.8 Å². The molecule has 0 aromatic heterocycles. The lowest BCUT2D eigenvalue weighted by atomic mass is 10.1. The van der Waals surface area contributed by atoms with Crippen molar-refractivity contribution in [2.45, 2.75) is 6.54 Å². The van der Waals surface area contributed by atoms with Gasteiger partial charge >= 0.3 is 0 Å². The van der Waals surface area contributed by atoms with Crippen LogP contribution < -0.4 is 11.1 Å². The Labute approximate surface area is 109 Å². The Morgan fingerprint density at radius 1 is 1.16 bits per heavy atom. The van der Waals surface area contributed by atoms with Gasteiger partial charge in [-0.25, -0.2) is 8.78 Å². The van der Waals surface area contributed by atoms with E-state index in [1.54, 1.807) is 18.2 Å². The number of hydrogen-bond donors (Lipinski definition) is 2. The summed E-state index contributed by atoms with van der Waals surface area (Å²) < 4.78 is 26.1. The van der Waals surface area contributed by atoms with Gasteiger partial charge in [-0.05, 0) is 24.3 Å². The highest BCUT2D eigenvalue weighted by Gasteiger charge is 2.04. The van der Waals surface area contributed by atoms with Crippen LogP contribution in [0.15, 0.2) is 36.4 Å². The van der Waals surface area contributed by atoms with Crippen molar-refractivity contribution in [2.24, 2.45) is 0 Å². The molecule has 0 heterocycles. The second kappa shape index (κ2) is 5.36. The van der Waals surface area contributed by atoms with Gasteiger partial charge in [0.2, 0.25) is 0 Å². The normalized spacial score (nSPS) is 9.95. The first-order chi connectivity index (χ1) is 9.10. The first-order valence-corrected chi connectivity index (χ1v) is 5.57. The van der Waals surface area contributed by atoms with Crippen LogP contribution in [0.2, 0.25) is 0 Å². The molecule has 3 N–H and O–H groups in total. The van der Waals surface area contributed by atoms with Gasteiger partial charge in [0.25, 0.3) is 0 Å². The van der Waals surface area contributed by atoms with E-state index < -0.39 is 11.6 Å². The van der Waals surface area contributed by atoms with Gasteiger partial charge in [0, 0.05) is 23.9 Å². The number of nitrogen functional groups attached to an aromatic ring is 1. The number of benzene rings is 2. The lowest BCUT2D eigenvalue weighted by Gasteiger charge is -2.08. The zero-order valence-electron chi connectivity index (χ0n) is 9.95. The lowest BCUT2D eigenvalue weighted by Crippen LogP contribution is -2.03. The molecule has 0 radical (unpaired) electrons. The Morgan fingerprint density at radius 2 is 1.95 bits per heavy atom. The average molecular weight is 259 g/mol. The fraction of sp³-hybridized carbons (Fsp3) is 0.0714. The highest BCUT2D eigenvalue weighted by molar-refractivity contribution is 5.62. The average Bonchev–Trinajstić information content (AvgIpc) is 2.38. The van der Waals surface area contributed by atoms with E-state index in [1.165, 1.54) is 12.1 Å². The van der Waals surface area contributed by atoms with Gasteiger partial charge in [-0.15, -0.1) is 0 Å². The summed E-state index contributed by atoms with van der Waals surface area (Å²) in [7, 11) is 0. The molecule has 0 aliphatic rings. The predicted octanol–water partition coefficient (Wildman–Crippen LogP) is 3.03.